The summed E-state index contributed by atoms with van der Waals surface area (Å²) in [5.41, 5.74) is 1.47. The van der Waals surface area contributed by atoms with Gasteiger partial charge in [-0.15, -0.1) is 0 Å². The van der Waals surface area contributed by atoms with Crippen molar-refractivity contribution < 1.29 is 23.8 Å². The zero-order valence-electron chi connectivity index (χ0n) is 17.8. The highest BCUT2D eigenvalue weighted by Crippen LogP contribution is 2.33. The Kier molecular flexibility index (Phi) is 7.33. The molecule has 0 N–H and O–H groups in total. The molecule has 160 valence electrons. The second kappa shape index (κ2) is 10.1. The molecular weight excluding hydrogens is 382 g/mol. The van der Waals surface area contributed by atoms with E-state index in [2.05, 4.69) is 0 Å². The second-order valence-electron chi connectivity index (χ2n) is 7.63. The fourth-order valence-electron chi connectivity index (χ4n) is 3.46. The molecule has 0 saturated carbocycles. The molecule has 1 saturated heterocycles. The van der Waals surface area contributed by atoms with E-state index in [1.807, 2.05) is 30.3 Å². The predicted molar refractivity (Wildman–Crippen MR) is 114 cm³/mol. The Morgan fingerprint density at radius 3 is 2.27 bits per heavy atom. The Hall–Kier alpha value is -3.02. The average molecular weight is 411 g/mol. The highest BCUT2D eigenvalue weighted by molar-refractivity contribution is 6.06. The van der Waals surface area contributed by atoms with Crippen LogP contribution in [-0.4, -0.2) is 43.1 Å². The first-order valence-corrected chi connectivity index (χ1v) is 10.4. The van der Waals surface area contributed by atoms with Gasteiger partial charge in [-0.3, -0.25) is 4.79 Å². The summed E-state index contributed by atoms with van der Waals surface area (Å²) in [6.45, 7) is 5.25. The fourth-order valence-corrected chi connectivity index (χ4v) is 3.46. The van der Waals surface area contributed by atoms with Crippen LogP contribution >= 0.6 is 0 Å². The average Bonchev–Trinajstić information content (AvgIpc) is 2.77. The van der Waals surface area contributed by atoms with Gasteiger partial charge < -0.3 is 19.1 Å². The van der Waals surface area contributed by atoms with E-state index in [4.69, 9.17) is 14.2 Å². The summed E-state index contributed by atoms with van der Waals surface area (Å²) >= 11 is 0. The molecule has 1 aliphatic heterocycles. The topological polar surface area (TPSA) is 65.1 Å². The number of piperidine rings is 1. The van der Waals surface area contributed by atoms with Crippen LogP contribution in [0.3, 0.4) is 0 Å². The summed E-state index contributed by atoms with van der Waals surface area (Å²) in [6, 6.07) is 12.9. The Bertz CT molecular complexity index is 873. The first-order valence-electron chi connectivity index (χ1n) is 10.4. The lowest BCUT2D eigenvalue weighted by Gasteiger charge is -2.28. The lowest BCUT2D eigenvalue weighted by atomic mass is 10.0. The van der Waals surface area contributed by atoms with E-state index >= 15 is 0 Å². The van der Waals surface area contributed by atoms with E-state index in [0.717, 1.165) is 24.8 Å². The van der Waals surface area contributed by atoms with Crippen molar-refractivity contribution in [1.29, 1.82) is 0 Å². The molecule has 0 bridgehead atoms. The number of carbonyl (C=O) groups is 2. The number of ether oxygens (including phenoxy) is 3. The van der Waals surface area contributed by atoms with Crippen molar-refractivity contribution in [3.05, 3.63) is 59.2 Å². The van der Waals surface area contributed by atoms with Crippen LogP contribution in [0.25, 0.3) is 0 Å². The minimum Gasteiger partial charge on any atom is -0.493 e. The van der Waals surface area contributed by atoms with E-state index in [9.17, 15) is 9.59 Å². The smallest absolute Gasteiger partial charge is 0.339 e. The van der Waals surface area contributed by atoms with Gasteiger partial charge in [0.1, 0.15) is 6.61 Å². The van der Waals surface area contributed by atoms with Crippen LogP contribution < -0.4 is 9.47 Å². The minimum atomic E-state index is -0.543. The summed E-state index contributed by atoms with van der Waals surface area (Å²) in [7, 11) is 1.51. The molecule has 0 atom stereocenters. The number of esters is 1. The molecule has 2 aromatic carbocycles. The Balaban J connectivity index is 1.96. The third-order valence-corrected chi connectivity index (χ3v) is 4.98. The van der Waals surface area contributed by atoms with Crippen LogP contribution in [-0.2, 0) is 11.3 Å². The molecule has 0 aromatic heterocycles. The van der Waals surface area contributed by atoms with Crippen molar-refractivity contribution in [3.8, 4) is 11.5 Å². The van der Waals surface area contributed by atoms with Gasteiger partial charge in [0.05, 0.1) is 24.3 Å². The van der Waals surface area contributed by atoms with Crippen LogP contribution in [0.2, 0.25) is 0 Å². The maximum Gasteiger partial charge on any atom is 0.339 e. The maximum absolute atomic E-state index is 13.3. The molecule has 1 amide bonds. The molecule has 1 heterocycles. The van der Waals surface area contributed by atoms with E-state index in [-0.39, 0.29) is 23.1 Å². The number of methoxy groups -OCH3 is 1. The van der Waals surface area contributed by atoms with Gasteiger partial charge in [0.25, 0.3) is 5.91 Å². The molecule has 0 spiro atoms. The molecule has 6 heteroatoms. The lowest BCUT2D eigenvalue weighted by molar-refractivity contribution is 0.0371. The van der Waals surface area contributed by atoms with Crippen LogP contribution in [0.5, 0.6) is 11.5 Å². The molecule has 0 aliphatic carbocycles. The van der Waals surface area contributed by atoms with Gasteiger partial charge >= 0.3 is 5.97 Å². The van der Waals surface area contributed by atoms with Gasteiger partial charge in [0, 0.05) is 13.1 Å². The highest BCUT2D eigenvalue weighted by Gasteiger charge is 2.27. The number of carbonyl (C=O) groups excluding carboxylic acids is 2. The summed E-state index contributed by atoms with van der Waals surface area (Å²) in [5.74, 6) is 0.0792. The quantitative estimate of drug-likeness (QED) is 0.629. The lowest BCUT2D eigenvalue weighted by Crippen LogP contribution is -2.36. The van der Waals surface area contributed by atoms with Crippen molar-refractivity contribution in [1.82, 2.24) is 4.90 Å². The molecule has 2 aromatic rings. The number of nitrogens with zero attached hydrogens (tertiary/aromatic N) is 1. The van der Waals surface area contributed by atoms with Crippen molar-refractivity contribution in [3.63, 3.8) is 0 Å². The highest BCUT2D eigenvalue weighted by atomic mass is 16.5. The zero-order valence-corrected chi connectivity index (χ0v) is 17.8. The molecule has 3 rings (SSSR count). The van der Waals surface area contributed by atoms with Crippen molar-refractivity contribution in [2.75, 3.05) is 20.2 Å². The van der Waals surface area contributed by atoms with Crippen LogP contribution in [0.4, 0.5) is 0 Å². The molecular formula is C24H29NO5. The molecule has 6 nitrogen and oxygen atoms in total. The third-order valence-electron chi connectivity index (χ3n) is 4.98. The minimum absolute atomic E-state index is 0.183. The number of hydrogen-bond acceptors (Lipinski definition) is 5. The Labute approximate surface area is 177 Å². The monoisotopic (exact) mass is 411 g/mol. The van der Waals surface area contributed by atoms with Gasteiger partial charge in [-0.2, -0.15) is 0 Å². The number of likely N-dealkylation sites (tertiary alicyclic amines) is 1. The van der Waals surface area contributed by atoms with Gasteiger partial charge in [-0.1, -0.05) is 30.3 Å². The first kappa shape index (κ1) is 21.7. The molecule has 1 aliphatic rings. The van der Waals surface area contributed by atoms with Crippen molar-refractivity contribution in [2.45, 2.75) is 45.8 Å². The zero-order chi connectivity index (χ0) is 21.5. The number of rotatable bonds is 7. The SMILES string of the molecule is COc1cc(C(=O)OC(C)C)c(C(=O)N2CCCCC2)cc1OCc1ccccc1. The van der Waals surface area contributed by atoms with Crippen molar-refractivity contribution in [2.24, 2.45) is 0 Å². The number of hydrogen-bond donors (Lipinski definition) is 0. The molecule has 1 fully saturated rings. The van der Waals surface area contributed by atoms with Gasteiger partial charge in [-0.05, 0) is 50.8 Å². The Morgan fingerprint density at radius 2 is 1.63 bits per heavy atom. The van der Waals surface area contributed by atoms with Crippen LogP contribution in [0.1, 0.15) is 59.4 Å². The molecule has 0 unspecified atom stereocenters. The Morgan fingerprint density at radius 1 is 0.967 bits per heavy atom. The molecule has 0 radical (unpaired) electrons. The van der Waals surface area contributed by atoms with E-state index < -0.39 is 5.97 Å². The first-order chi connectivity index (χ1) is 14.5. The normalized spacial score (nSPS) is 13.8. The predicted octanol–water partition coefficient (Wildman–Crippen LogP) is 4.47. The van der Waals surface area contributed by atoms with E-state index in [0.29, 0.717) is 31.2 Å². The summed E-state index contributed by atoms with van der Waals surface area (Å²) in [5, 5.41) is 0. The van der Waals surface area contributed by atoms with Gasteiger partial charge in [0.2, 0.25) is 0 Å². The summed E-state index contributed by atoms with van der Waals surface area (Å²) in [6.07, 6.45) is 2.74. The fraction of sp³-hybridized carbons (Fsp3) is 0.417. The van der Waals surface area contributed by atoms with E-state index in [1.54, 1.807) is 30.9 Å². The standard InChI is InChI=1S/C24H29NO5/c1-17(2)30-24(27)20-15-21(28-3)22(29-16-18-10-6-4-7-11-18)14-19(20)23(26)25-12-8-5-9-13-25/h4,6-7,10-11,14-15,17H,5,8-9,12-13,16H2,1-3H3. The van der Waals surface area contributed by atoms with Crippen LogP contribution in [0, 0.1) is 0 Å². The van der Waals surface area contributed by atoms with Crippen molar-refractivity contribution >= 4 is 11.9 Å². The largest absolute Gasteiger partial charge is 0.493 e. The second-order valence-corrected chi connectivity index (χ2v) is 7.63. The summed E-state index contributed by atoms with van der Waals surface area (Å²) in [4.78, 5) is 27.8. The number of benzene rings is 2. The van der Waals surface area contributed by atoms with Crippen LogP contribution in [0.15, 0.2) is 42.5 Å². The number of amides is 1. The van der Waals surface area contributed by atoms with Gasteiger partial charge in [0.15, 0.2) is 11.5 Å². The summed E-state index contributed by atoms with van der Waals surface area (Å²) < 4.78 is 16.8. The van der Waals surface area contributed by atoms with E-state index in [1.165, 1.54) is 7.11 Å². The van der Waals surface area contributed by atoms with Gasteiger partial charge in [-0.25, -0.2) is 4.79 Å². The molecule has 30 heavy (non-hydrogen) atoms. The third kappa shape index (κ3) is 5.32. The maximum atomic E-state index is 13.3.